The first kappa shape index (κ1) is 21.3. The summed E-state index contributed by atoms with van der Waals surface area (Å²) in [7, 11) is 0. The molecule has 0 aliphatic rings. The molecule has 0 saturated heterocycles. The predicted octanol–water partition coefficient (Wildman–Crippen LogP) is 12.6. The molecule has 0 N–H and O–H groups in total. The van der Waals surface area contributed by atoms with Crippen molar-refractivity contribution in [1.82, 2.24) is 13.7 Å². The Hall–Kier alpha value is -6.84. The molecule has 238 valence electrons. The van der Waals surface area contributed by atoms with Crippen molar-refractivity contribution in [1.29, 1.82) is 0 Å². The van der Waals surface area contributed by atoms with Crippen LogP contribution in [0.3, 0.4) is 0 Å². The van der Waals surface area contributed by atoms with Crippen LogP contribution in [-0.4, -0.2) is 13.7 Å². The monoisotopic (exact) mass is 657 g/mol. The zero-order valence-electron chi connectivity index (χ0n) is 35.1. The molecule has 11 rings (SSSR count). The van der Waals surface area contributed by atoms with E-state index in [1.54, 1.807) is 0 Å². The number of rotatable bonds is 4. The number of benzene rings is 8. The van der Waals surface area contributed by atoms with E-state index in [1.807, 2.05) is 106 Å². The van der Waals surface area contributed by atoms with E-state index in [0.29, 0.717) is 21.8 Å². The fraction of sp³-hybridized carbons (Fsp3) is 0. The summed E-state index contributed by atoms with van der Waals surface area (Å²) in [4.78, 5) is 0. The molecule has 0 spiro atoms. The van der Waals surface area contributed by atoms with Crippen LogP contribution in [0.25, 0.3) is 93.6 Å². The lowest BCUT2D eigenvalue weighted by atomic mass is 10.0. The number of hydrogen-bond acceptors (Lipinski definition) is 0. The topological polar surface area (TPSA) is 14.8 Å². The van der Waals surface area contributed by atoms with E-state index in [1.165, 1.54) is 0 Å². The van der Waals surface area contributed by atoms with Gasteiger partial charge in [0.05, 0.1) is 49.8 Å². The van der Waals surface area contributed by atoms with Gasteiger partial charge in [-0.1, -0.05) is 121 Å². The van der Waals surface area contributed by atoms with Gasteiger partial charge in [0.2, 0.25) is 0 Å². The average Bonchev–Trinajstić information content (AvgIpc) is 3.92. The van der Waals surface area contributed by atoms with E-state index < -0.39 is 0 Å². The van der Waals surface area contributed by atoms with Crippen LogP contribution < -0.4 is 0 Å². The third-order valence-corrected chi connectivity index (χ3v) is 10.1. The smallest absolute Gasteiger partial charge is 0.0645 e. The third kappa shape index (κ3) is 4.06. The molecule has 0 aliphatic heterocycles. The lowest BCUT2D eigenvalue weighted by molar-refractivity contribution is 1.16. The van der Waals surface area contributed by atoms with Gasteiger partial charge in [-0.3, -0.25) is 0 Å². The van der Waals surface area contributed by atoms with Crippen molar-refractivity contribution in [2.45, 2.75) is 0 Å². The third-order valence-electron chi connectivity index (χ3n) is 10.1. The van der Waals surface area contributed by atoms with Gasteiger partial charge in [-0.25, -0.2) is 0 Å². The minimum atomic E-state index is -0.275. The zero-order valence-corrected chi connectivity index (χ0v) is 27.1. The van der Waals surface area contributed by atoms with Crippen LogP contribution in [0, 0.1) is 0 Å². The molecule has 0 radical (unpaired) electrons. The van der Waals surface area contributed by atoms with Crippen molar-refractivity contribution in [3.63, 3.8) is 0 Å². The van der Waals surface area contributed by atoms with Crippen molar-refractivity contribution >= 4 is 65.4 Å². The van der Waals surface area contributed by atoms with Gasteiger partial charge < -0.3 is 13.7 Å². The quantitative estimate of drug-likeness (QED) is 0.179. The average molecular weight is 658 g/mol. The van der Waals surface area contributed by atoms with E-state index in [-0.39, 0.29) is 48.3 Å². The van der Waals surface area contributed by atoms with Gasteiger partial charge in [0.25, 0.3) is 0 Å². The summed E-state index contributed by atoms with van der Waals surface area (Å²) in [6.45, 7) is 0. The van der Waals surface area contributed by atoms with Gasteiger partial charge in [-0.2, -0.15) is 0 Å². The second-order valence-corrected chi connectivity index (χ2v) is 12.8. The molecule has 0 fully saturated rings. The molecule has 0 atom stereocenters. The van der Waals surface area contributed by atoms with Crippen LogP contribution in [0.4, 0.5) is 0 Å². The first-order chi connectivity index (χ1) is 28.7. The SMILES string of the molecule is [2H]c1c([2H])c([2H])c2c(c1[2H])c1ccccc1n2-c1ccc2c(c1)c1ccccc1n2-c1cccc(-c2ccccc2-n2c3ccccc3c3c([2H])c([2H])c([2H])c([2H])c32)c1. The summed E-state index contributed by atoms with van der Waals surface area (Å²) in [6.07, 6.45) is 0. The Labute approximate surface area is 305 Å². The van der Waals surface area contributed by atoms with Crippen LogP contribution in [0.1, 0.15) is 11.0 Å². The summed E-state index contributed by atoms with van der Waals surface area (Å²) in [5.74, 6) is 0. The Bertz CT molecular complexity index is 3620. The maximum atomic E-state index is 9.03. The Balaban J connectivity index is 1.13. The fourth-order valence-electron chi connectivity index (χ4n) is 7.96. The summed E-state index contributed by atoms with van der Waals surface area (Å²) < 4.78 is 75.8. The maximum Gasteiger partial charge on any atom is 0.0645 e. The molecular weight excluding hydrogens is 619 g/mol. The molecule has 11 aromatic rings. The van der Waals surface area contributed by atoms with E-state index in [2.05, 4.69) is 47.0 Å². The van der Waals surface area contributed by atoms with Crippen LogP contribution in [0.15, 0.2) is 188 Å². The highest BCUT2D eigenvalue weighted by Crippen LogP contribution is 2.39. The number of fused-ring (bicyclic) bond motifs is 9. The predicted molar refractivity (Wildman–Crippen MR) is 215 cm³/mol. The van der Waals surface area contributed by atoms with Crippen LogP contribution in [-0.2, 0) is 0 Å². The number of nitrogens with zero attached hydrogens (tertiary/aromatic N) is 3. The van der Waals surface area contributed by atoms with Gasteiger partial charge >= 0.3 is 0 Å². The van der Waals surface area contributed by atoms with E-state index in [9.17, 15) is 0 Å². The van der Waals surface area contributed by atoms with E-state index in [4.69, 9.17) is 11.0 Å². The Kier molecular flexibility index (Phi) is 4.52. The van der Waals surface area contributed by atoms with Crippen molar-refractivity contribution in [3.8, 4) is 28.2 Å². The number of hydrogen-bond donors (Lipinski definition) is 0. The molecule has 3 heteroatoms. The van der Waals surface area contributed by atoms with Crippen LogP contribution in [0.5, 0.6) is 0 Å². The molecule has 3 nitrogen and oxygen atoms in total. The lowest BCUT2D eigenvalue weighted by Crippen LogP contribution is -1.98. The molecule has 0 aliphatic carbocycles. The highest BCUT2D eigenvalue weighted by atomic mass is 15.0. The van der Waals surface area contributed by atoms with Gasteiger partial charge in [-0.15, -0.1) is 0 Å². The Morgan fingerprint density at radius 2 is 0.843 bits per heavy atom. The molecule has 0 bridgehead atoms. The maximum absolute atomic E-state index is 9.03. The first-order valence-corrected chi connectivity index (χ1v) is 16.9. The second kappa shape index (κ2) is 10.8. The molecule has 8 aromatic carbocycles. The Morgan fingerprint density at radius 3 is 1.55 bits per heavy atom. The normalized spacial score (nSPS) is 14.1. The second-order valence-electron chi connectivity index (χ2n) is 12.8. The van der Waals surface area contributed by atoms with Crippen LogP contribution >= 0.6 is 0 Å². The van der Waals surface area contributed by atoms with Gasteiger partial charge in [0.1, 0.15) is 0 Å². The number of aromatic nitrogens is 3. The number of para-hydroxylation sites is 6. The lowest BCUT2D eigenvalue weighted by Gasteiger charge is -2.15. The minimum absolute atomic E-state index is 0.0577. The molecule has 0 saturated carbocycles. The summed E-state index contributed by atoms with van der Waals surface area (Å²) in [5, 5.41) is 4.50. The highest BCUT2D eigenvalue weighted by Gasteiger charge is 2.18. The molecule has 0 unspecified atom stereocenters. The molecule has 3 aromatic heterocycles. The Morgan fingerprint density at radius 1 is 0.333 bits per heavy atom. The summed E-state index contributed by atoms with van der Waals surface area (Å²) in [5.41, 5.74) is 8.71. The van der Waals surface area contributed by atoms with E-state index >= 15 is 0 Å². The summed E-state index contributed by atoms with van der Waals surface area (Å²) in [6, 6.07) is 44.7. The summed E-state index contributed by atoms with van der Waals surface area (Å²) >= 11 is 0. The first-order valence-electron chi connectivity index (χ1n) is 20.9. The molecular formula is C48H31N3. The van der Waals surface area contributed by atoms with Gasteiger partial charge in [0, 0.05) is 49.3 Å². The minimum Gasteiger partial charge on any atom is -0.309 e. The molecule has 0 amide bonds. The molecule has 3 heterocycles. The van der Waals surface area contributed by atoms with Gasteiger partial charge in [-0.05, 0) is 72.2 Å². The van der Waals surface area contributed by atoms with Gasteiger partial charge in [0.15, 0.2) is 0 Å². The van der Waals surface area contributed by atoms with Crippen molar-refractivity contribution in [3.05, 3.63) is 188 Å². The molecule has 51 heavy (non-hydrogen) atoms. The van der Waals surface area contributed by atoms with Crippen molar-refractivity contribution < 1.29 is 11.0 Å². The van der Waals surface area contributed by atoms with E-state index in [0.717, 1.165) is 71.8 Å². The largest absolute Gasteiger partial charge is 0.309 e. The fourth-order valence-corrected chi connectivity index (χ4v) is 7.96. The highest BCUT2D eigenvalue weighted by molar-refractivity contribution is 6.13. The zero-order chi connectivity index (χ0) is 40.4. The van der Waals surface area contributed by atoms with Crippen molar-refractivity contribution in [2.24, 2.45) is 0 Å². The van der Waals surface area contributed by atoms with Crippen molar-refractivity contribution in [2.75, 3.05) is 0 Å². The standard InChI is InChI=1S/C48H31N3/c1-7-22-42(51-46-26-11-4-19-38(46)39-20-5-12-27-47(39)51)35(16-1)32-14-13-15-33(30-32)49-45-25-10-6-21-40(45)41-31-34(28-29-48(41)49)50-43-23-8-2-17-36(43)37-18-3-9-24-44(37)50/h1-31H/i2D,4D,8D,11D,17D,19D,23D,26D. The van der Waals surface area contributed by atoms with Crippen LogP contribution in [0.2, 0.25) is 0 Å².